The molecule has 0 bridgehead atoms. The number of fused-ring (bicyclic) bond motifs is 1. The van der Waals surface area contributed by atoms with E-state index in [1.165, 1.54) is 0 Å². The van der Waals surface area contributed by atoms with Crippen LogP contribution < -0.4 is 14.2 Å². The fourth-order valence-corrected chi connectivity index (χ4v) is 4.20. The molecule has 0 spiro atoms. The van der Waals surface area contributed by atoms with Crippen molar-refractivity contribution in [1.82, 2.24) is 4.90 Å². The highest BCUT2D eigenvalue weighted by Gasteiger charge is 2.38. The van der Waals surface area contributed by atoms with Crippen LogP contribution in [-0.4, -0.2) is 42.0 Å². The van der Waals surface area contributed by atoms with Gasteiger partial charge in [0, 0.05) is 17.1 Å². The quantitative estimate of drug-likeness (QED) is 0.783. The Hall–Kier alpha value is -2.44. The van der Waals surface area contributed by atoms with Gasteiger partial charge in [0.15, 0.2) is 11.5 Å². The number of benzene rings is 2. The topological polar surface area (TPSA) is 68.2 Å². The standard InChI is InChI=1S/C21H22ClNO5/c1-2-26-17-8-6-14(22)11-15(17)20(23-9-3-4-16(23)21(24)25)13-5-7-18-19(10-13)28-12-27-18/h5-8,10-11,16,20H,2-4,9,12H2,1H3,(H,24,25). The number of aliphatic carboxylic acids is 1. The first-order chi connectivity index (χ1) is 13.6. The lowest BCUT2D eigenvalue weighted by molar-refractivity contribution is -0.142. The van der Waals surface area contributed by atoms with Crippen LogP contribution >= 0.6 is 11.6 Å². The van der Waals surface area contributed by atoms with Crippen LogP contribution in [0.25, 0.3) is 0 Å². The maximum Gasteiger partial charge on any atom is 0.320 e. The Morgan fingerprint density at radius 3 is 2.89 bits per heavy atom. The maximum atomic E-state index is 11.9. The van der Waals surface area contributed by atoms with Crippen LogP contribution in [0.1, 0.15) is 36.9 Å². The Labute approximate surface area is 168 Å². The number of ether oxygens (including phenoxy) is 3. The van der Waals surface area contributed by atoms with Gasteiger partial charge in [0.05, 0.1) is 12.6 Å². The molecule has 6 nitrogen and oxygen atoms in total. The molecule has 28 heavy (non-hydrogen) atoms. The van der Waals surface area contributed by atoms with Gasteiger partial charge in [-0.05, 0) is 55.7 Å². The van der Waals surface area contributed by atoms with Gasteiger partial charge >= 0.3 is 5.97 Å². The van der Waals surface area contributed by atoms with Crippen molar-refractivity contribution in [3.63, 3.8) is 0 Å². The Bertz CT molecular complexity index is 887. The van der Waals surface area contributed by atoms with Crippen LogP contribution in [0.5, 0.6) is 17.2 Å². The molecule has 0 amide bonds. The summed E-state index contributed by atoms with van der Waals surface area (Å²) in [5.74, 6) is 1.23. The minimum Gasteiger partial charge on any atom is -0.494 e. The molecule has 1 saturated heterocycles. The number of hydrogen-bond acceptors (Lipinski definition) is 5. The van der Waals surface area contributed by atoms with E-state index in [4.69, 9.17) is 25.8 Å². The first-order valence-electron chi connectivity index (χ1n) is 9.39. The van der Waals surface area contributed by atoms with E-state index in [2.05, 4.69) is 0 Å². The molecule has 0 radical (unpaired) electrons. The second kappa shape index (κ2) is 7.89. The smallest absolute Gasteiger partial charge is 0.320 e. The second-order valence-corrected chi connectivity index (χ2v) is 7.30. The molecular weight excluding hydrogens is 382 g/mol. The van der Waals surface area contributed by atoms with Gasteiger partial charge in [0.2, 0.25) is 6.79 Å². The molecule has 2 aliphatic heterocycles. The summed E-state index contributed by atoms with van der Waals surface area (Å²) >= 11 is 6.31. The van der Waals surface area contributed by atoms with E-state index in [0.29, 0.717) is 41.8 Å². The van der Waals surface area contributed by atoms with Crippen molar-refractivity contribution in [3.05, 3.63) is 52.5 Å². The van der Waals surface area contributed by atoms with E-state index in [1.807, 2.05) is 42.2 Å². The van der Waals surface area contributed by atoms with Gasteiger partial charge < -0.3 is 19.3 Å². The fraction of sp³-hybridized carbons (Fsp3) is 0.381. The molecule has 0 saturated carbocycles. The molecule has 2 heterocycles. The van der Waals surface area contributed by atoms with Crippen LogP contribution in [0.15, 0.2) is 36.4 Å². The van der Waals surface area contributed by atoms with Gasteiger partial charge in [-0.15, -0.1) is 0 Å². The van der Waals surface area contributed by atoms with Crippen molar-refractivity contribution < 1.29 is 24.1 Å². The number of rotatable bonds is 6. The molecule has 2 aromatic rings. The van der Waals surface area contributed by atoms with Crippen LogP contribution in [0.2, 0.25) is 5.02 Å². The third-order valence-corrected chi connectivity index (χ3v) is 5.42. The van der Waals surface area contributed by atoms with Crippen LogP contribution in [-0.2, 0) is 4.79 Å². The summed E-state index contributed by atoms with van der Waals surface area (Å²) in [6.07, 6.45) is 1.43. The highest BCUT2D eigenvalue weighted by molar-refractivity contribution is 6.30. The lowest BCUT2D eigenvalue weighted by Gasteiger charge is -2.33. The summed E-state index contributed by atoms with van der Waals surface area (Å²) < 4.78 is 16.8. The molecule has 148 valence electrons. The average Bonchev–Trinajstić information content (AvgIpc) is 3.33. The summed E-state index contributed by atoms with van der Waals surface area (Å²) in [4.78, 5) is 13.9. The van der Waals surface area contributed by atoms with Crippen LogP contribution in [0.4, 0.5) is 0 Å². The highest BCUT2D eigenvalue weighted by Crippen LogP contribution is 2.43. The number of likely N-dealkylation sites (tertiary alicyclic amines) is 1. The van der Waals surface area contributed by atoms with E-state index >= 15 is 0 Å². The van der Waals surface area contributed by atoms with Gasteiger partial charge in [0.1, 0.15) is 11.8 Å². The summed E-state index contributed by atoms with van der Waals surface area (Å²) in [5.41, 5.74) is 1.77. The molecule has 2 aromatic carbocycles. The summed E-state index contributed by atoms with van der Waals surface area (Å²) in [6.45, 7) is 3.29. The molecule has 7 heteroatoms. The van der Waals surface area contributed by atoms with E-state index in [9.17, 15) is 9.90 Å². The number of carboxylic acids is 1. The third-order valence-electron chi connectivity index (χ3n) is 5.19. The summed E-state index contributed by atoms with van der Waals surface area (Å²) in [5, 5.41) is 10.3. The SMILES string of the molecule is CCOc1ccc(Cl)cc1C(c1ccc2c(c1)OCO2)N1CCCC1C(=O)O. The number of halogens is 1. The molecule has 2 unspecified atom stereocenters. The molecule has 4 rings (SSSR count). The molecule has 0 aromatic heterocycles. The maximum absolute atomic E-state index is 11.9. The Morgan fingerprint density at radius 1 is 1.29 bits per heavy atom. The molecule has 1 fully saturated rings. The zero-order valence-electron chi connectivity index (χ0n) is 15.6. The monoisotopic (exact) mass is 403 g/mol. The molecular formula is C21H22ClNO5. The molecule has 0 aliphatic carbocycles. The summed E-state index contributed by atoms with van der Waals surface area (Å²) in [7, 11) is 0. The number of nitrogens with zero attached hydrogens (tertiary/aromatic N) is 1. The lowest BCUT2D eigenvalue weighted by atomic mass is 9.95. The minimum atomic E-state index is -0.816. The predicted octanol–water partition coefficient (Wildman–Crippen LogP) is 4.11. The largest absolute Gasteiger partial charge is 0.494 e. The Kier molecular flexibility index (Phi) is 5.33. The zero-order valence-corrected chi connectivity index (χ0v) is 16.3. The Balaban J connectivity index is 1.85. The van der Waals surface area contributed by atoms with E-state index in [0.717, 1.165) is 17.5 Å². The van der Waals surface area contributed by atoms with Crippen molar-refractivity contribution in [2.45, 2.75) is 31.8 Å². The van der Waals surface area contributed by atoms with Crippen LogP contribution in [0, 0.1) is 0 Å². The number of hydrogen-bond donors (Lipinski definition) is 1. The molecule has 2 aliphatic rings. The first kappa shape index (κ1) is 18.9. The molecule has 1 N–H and O–H groups in total. The fourth-order valence-electron chi connectivity index (χ4n) is 4.02. The number of carboxylic acid groups (broad SMARTS) is 1. The zero-order chi connectivity index (χ0) is 19.7. The van der Waals surface area contributed by atoms with Crippen molar-refractivity contribution in [2.75, 3.05) is 19.9 Å². The van der Waals surface area contributed by atoms with E-state index in [-0.39, 0.29) is 12.8 Å². The minimum absolute atomic E-state index is 0.187. The normalized spacial score (nSPS) is 19.6. The van der Waals surface area contributed by atoms with Crippen molar-refractivity contribution in [2.24, 2.45) is 0 Å². The van der Waals surface area contributed by atoms with E-state index in [1.54, 1.807) is 6.07 Å². The van der Waals surface area contributed by atoms with Crippen molar-refractivity contribution >= 4 is 17.6 Å². The average molecular weight is 404 g/mol. The van der Waals surface area contributed by atoms with Gasteiger partial charge in [-0.2, -0.15) is 0 Å². The second-order valence-electron chi connectivity index (χ2n) is 6.86. The van der Waals surface area contributed by atoms with Gasteiger partial charge in [0.25, 0.3) is 0 Å². The lowest BCUT2D eigenvalue weighted by Crippen LogP contribution is -2.39. The summed E-state index contributed by atoms with van der Waals surface area (Å²) in [6, 6.07) is 10.3. The molecule has 2 atom stereocenters. The van der Waals surface area contributed by atoms with Gasteiger partial charge in [-0.3, -0.25) is 9.69 Å². The predicted molar refractivity (Wildman–Crippen MR) is 104 cm³/mol. The highest BCUT2D eigenvalue weighted by atomic mass is 35.5. The Morgan fingerprint density at radius 2 is 2.11 bits per heavy atom. The van der Waals surface area contributed by atoms with Gasteiger partial charge in [-0.1, -0.05) is 17.7 Å². The van der Waals surface area contributed by atoms with Crippen molar-refractivity contribution in [1.29, 1.82) is 0 Å². The number of carbonyl (C=O) groups is 1. The van der Waals surface area contributed by atoms with Crippen molar-refractivity contribution in [3.8, 4) is 17.2 Å². The van der Waals surface area contributed by atoms with E-state index < -0.39 is 12.0 Å². The van der Waals surface area contributed by atoms with Crippen LogP contribution in [0.3, 0.4) is 0 Å². The van der Waals surface area contributed by atoms with Gasteiger partial charge in [-0.25, -0.2) is 0 Å². The first-order valence-corrected chi connectivity index (χ1v) is 9.76. The third kappa shape index (κ3) is 3.50.